The number of nitrogens with two attached hydrogens (primary N) is 1. The van der Waals surface area contributed by atoms with Gasteiger partial charge in [0.15, 0.2) is 6.61 Å². The van der Waals surface area contributed by atoms with Gasteiger partial charge in [0, 0.05) is 18.1 Å². The highest BCUT2D eigenvalue weighted by Gasteiger charge is 2.31. The Morgan fingerprint density at radius 2 is 1.81 bits per heavy atom. The van der Waals surface area contributed by atoms with Crippen molar-refractivity contribution in [1.29, 1.82) is 0 Å². The highest BCUT2D eigenvalue weighted by molar-refractivity contribution is 8.19. The van der Waals surface area contributed by atoms with Gasteiger partial charge in [0.2, 0.25) is 5.91 Å². The number of esters is 1. The van der Waals surface area contributed by atoms with E-state index in [9.17, 15) is 14.4 Å². The maximum absolute atomic E-state index is 12.3. The van der Waals surface area contributed by atoms with Crippen LogP contribution in [0.1, 0.15) is 39.8 Å². The van der Waals surface area contributed by atoms with E-state index in [1.54, 1.807) is 12.1 Å². The molecule has 2 aliphatic rings. The van der Waals surface area contributed by atoms with Crippen LogP contribution in [0.4, 0.5) is 0 Å². The molecule has 0 aromatic heterocycles. The number of nitrogens with zero attached hydrogens (tertiary/aromatic N) is 1. The van der Waals surface area contributed by atoms with Crippen molar-refractivity contribution in [2.45, 2.75) is 29.9 Å². The fourth-order valence-corrected chi connectivity index (χ4v) is 6.01. The van der Waals surface area contributed by atoms with Gasteiger partial charge in [0.05, 0.1) is 10.1 Å². The Hall–Kier alpha value is -1.67. The van der Waals surface area contributed by atoms with Crippen LogP contribution >= 0.6 is 23.5 Å². The van der Waals surface area contributed by atoms with Gasteiger partial charge < -0.3 is 15.4 Å². The number of hydrogen-bond donors (Lipinski definition) is 1. The largest absolute Gasteiger partial charge is 0.452 e. The maximum atomic E-state index is 12.3. The third kappa shape index (κ3) is 4.54. The van der Waals surface area contributed by atoms with E-state index in [2.05, 4.69) is 0 Å². The molecule has 8 heteroatoms. The number of carbonyl (C=O) groups excluding carboxylic acids is 3. The zero-order valence-electron chi connectivity index (χ0n) is 14.4. The predicted octanol–water partition coefficient (Wildman–Crippen LogP) is 2.19. The zero-order chi connectivity index (χ0) is 18.5. The van der Waals surface area contributed by atoms with Crippen LogP contribution < -0.4 is 5.73 Å². The number of rotatable bonds is 5. The molecule has 26 heavy (non-hydrogen) atoms. The monoisotopic (exact) mass is 394 g/mol. The van der Waals surface area contributed by atoms with Crippen LogP contribution in [-0.4, -0.2) is 53.4 Å². The molecule has 0 saturated carbocycles. The molecule has 0 spiro atoms. The van der Waals surface area contributed by atoms with Crippen LogP contribution in [0.3, 0.4) is 0 Å². The van der Waals surface area contributed by atoms with E-state index in [-0.39, 0.29) is 12.5 Å². The third-order valence-corrected chi connectivity index (χ3v) is 7.62. The van der Waals surface area contributed by atoms with Crippen LogP contribution in [0.25, 0.3) is 0 Å². The molecule has 0 radical (unpaired) electrons. The van der Waals surface area contributed by atoms with Crippen molar-refractivity contribution in [2.24, 2.45) is 5.73 Å². The number of piperidine rings is 1. The van der Waals surface area contributed by atoms with Crippen molar-refractivity contribution in [1.82, 2.24) is 4.90 Å². The third-order valence-electron chi connectivity index (χ3n) is 4.52. The van der Waals surface area contributed by atoms with Gasteiger partial charge in [-0.2, -0.15) is 0 Å². The minimum Gasteiger partial charge on any atom is -0.452 e. The first-order chi connectivity index (χ1) is 12.6. The number of hydrogen-bond acceptors (Lipinski definition) is 6. The van der Waals surface area contributed by atoms with E-state index in [0.29, 0.717) is 23.1 Å². The van der Waals surface area contributed by atoms with E-state index in [4.69, 9.17) is 10.5 Å². The van der Waals surface area contributed by atoms with Gasteiger partial charge in [-0.15, -0.1) is 23.5 Å². The number of primary amides is 1. The summed E-state index contributed by atoms with van der Waals surface area (Å²) in [6.45, 7) is 0.0914. The van der Waals surface area contributed by atoms with Crippen LogP contribution in [0.2, 0.25) is 0 Å². The second kappa shape index (κ2) is 8.81. The van der Waals surface area contributed by atoms with Crippen LogP contribution in [0, 0.1) is 0 Å². The van der Waals surface area contributed by atoms with E-state index in [0.717, 1.165) is 24.3 Å². The summed E-state index contributed by atoms with van der Waals surface area (Å²) in [6, 6.07) is 6.73. The maximum Gasteiger partial charge on any atom is 0.338 e. The molecule has 140 valence electrons. The SMILES string of the molecule is NC(=O)[C@H]1CCCCN1C(=O)COC(=O)c1ccc(C2SCCS2)cc1. The molecule has 1 aromatic rings. The molecule has 1 aromatic carbocycles. The molecule has 2 amide bonds. The summed E-state index contributed by atoms with van der Waals surface area (Å²) in [5, 5.41) is 0. The van der Waals surface area contributed by atoms with Gasteiger partial charge in [-0.3, -0.25) is 9.59 Å². The van der Waals surface area contributed by atoms with E-state index in [1.807, 2.05) is 35.7 Å². The minimum atomic E-state index is -0.601. The van der Waals surface area contributed by atoms with Gasteiger partial charge in [-0.25, -0.2) is 4.79 Å². The minimum absolute atomic E-state index is 0.376. The lowest BCUT2D eigenvalue weighted by atomic mass is 10.0. The molecule has 0 bridgehead atoms. The standard InChI is InChI=1S/C18H22N2O4S2/c19-16(22)14-3-1-2-8-20(14)15(21)11-24-17(23)12-4-6-13(7-5-12)18-25-9-10-26-18/h4-7,14,18H,1-3,8-11H2,(H2,19,22)/t14-/m1/s1. The van der Waals surface area contributed by atoms with Gasteiger partial charge >= 0.3 is 5.97 Å². The molecule has 1 atom stereocenters. The second-order valence-electron chi connectivity index (χ2n) is 6.27. The molecule has 0 unspecified atom stereocenters. The summed E-state index contributed by atoms with van der Waals surface area (Å²) in [6.07, 6.45) is 2.25. The summed E-state index contributed by atoms with van der Waals surface area (Å²) in [4.78, 5) is 37.4. The molecule has 6 nitrogen and oxygen atoms in total. The molecular formula is C18H22N2O4S2. The number of amides is 2. The summed E-state index contributed by atoms with van der Waals surface area (Å²) in [7, 11) is 0. The highest BCUT2D eigenvalue weighted by atomic mass is 32.2. The van der Waals surface area contributed by atoms with Crippen molar-refractivity contribution >= 4 is 41.3 Å². The summed E-state index contributed by atoms with van der Waals surface area (Å²) < 4.78 is 5.57. The lowest BCUT2D eigenvalue weighted by Crippen LogP contribution is -2.51. The van der Waals surface area contributed by atoms with Crippen molar-refractivity contribution in [3.8, 4) is 0 Å². The highest BCUT2D eigenvalue weighted by Crippen LogP contribution is 2.45. The van der Waals surface area contributed by atoms with Crippen molar-refractivity contribution < 1.29 is 19.1 Å². The fourth-order valence-electron chi connectivity index (χ4n) is 3.15. The first-order valence-corrected chi connectivity index (χ1v) is 10.7. The Morgan fingerprint density at radius 3 is 2.46 bits per heavy atom. The molecule has 2 fully saturated rings. The quantitative estimate of drug-likeness (QED) is 0.770. The summed E-state index contributed by atoms with van der Waals surface area (Å²) in [5.41, 5.74) is 6.96. The predicted molar refractivity (Wildman–Crippen MR) is 103 cm³/mol. The first-order valence-electron chi connectivity index (χ1n) is 8.65. The Bertz CT molecular complexity index is 674. The topological polar surface area (TPSA) is 89.7 Å². The average Bonchev–Trinajstić information content (AvgIpc) is 3.20. The Morgan fingerprint density at radius 1 is 1.12 bits per heavy atom. The normalized spacial score (nSPS) is 20.8. The molecule has 2 aliphatic heterocycles. The molecule has 2 heterocycles. The Labute approximate surface area is 161 Å². The molecule has 3 rings (SSSR count). The first kappa shape index (κ1) is 19.1. The van der Waals surface area contributed by atoms with Crippen LogP contribution in [-0.2, 0) is 14.3 Å². The van der Waals surface area contributed by atoms with Crippen molar-refractivity contribution in [3.63, 3.8) is 0 Å². The van der Waals surface area contributed by atoms with Gasteiger partial charge in [0.25, 0.3) is 5.91 Å². The van der Waals surface area contributed by atoms with Crippen LogP contribution in [0.15, 0.2) is 24.3 Å². The lowest BCUT2D eigenvalue weighted by molar-refractivity contribution is -0.143. The summed E-state index contributed by atoms with van der Waals surface area (Å²) >= 11 is 3.80. The number of ether oxygens (including phenoxy) is 1. The van der Waals surface area contributed by atoms with Gasteiger partial charge in [-0.05, 0) is 37.0 Å². The smallest absolute Gasteiger partial charge is 0.338 e. The molecular weight excluding hydrogens is 372 g/mol. The van der Waals surface area contributed by atoms with Crippen LogP contribution in [0.5, 0.6) is 0 Å². The van der Waals surface area contributed by atoms with E-state index < -0.39 is 17.9 Å². The number of thioether (sulfide) groups is 2. The Kier molecular flexibility index (Phi) is 6.48. The zero-order valence-corrected chi connectivity index (χ0v) is 16.0. The average molecular weight is 395 g/mol. The number of benzene rings is 1. The molecule has 0 aliphatic carbocycles. The van der Waals surface area contributed by atoms with Gasteiger partial charge in [0.1, 0.15) is 6.04 Å². The van der Waals surface area contributed by atoms with Crippen molar-refractivity contribution in [2.75, 3.05) is 24.7 Å². The fraction of sp³-hybridized carbons (Fsp3) is 0.500. The Balaban J connectivity index is 1.54. The van der Waals surface area contributed by atoms with Crippen molar-refractivity contribution in [3.05, 3.63) is 35.4 Å². The summed E-state index contributed by atoms with van der Waals surface area (Å²) in [5.74, 6) is 0.859. The second-order valence-corrected chi connectivity index (χ2v) is 9.00. The van der Waals surface area contributed by atoms with E-state index in [1.165, 1.54) is 10.5 Å². The van der Waals surface area contributed by atoms with Gasteiger partial charge in [-0.1, -0.05) is 12.1 Å². The molecule has 2 N–H and O–H groups in total. The lowest BCUT2D eigenvalue weighted by Gasteiger charge is -2.33. The number of likely N-dealkylation sites (tertiary alicyclic amines) is 1. The van der Waals surface area contributed by atoms with E-state index >= 15 is 0 Å². The number of carbonyl (C=O) groups is 3. The molecule has 2 saturated heterocycles.